The number of nitrogens with zero attached hydrogens (tertiary/aromatic N) is 4. The van der Waals surface area contributed by atoms with Crippen molar-refractivity contribution in [1.29, 1.82) is 0 Å². The lowest BCUT2D eigenvalue weighted by Crippen LogP contribution is -2.34. The molecule has 3 rings (SSSR count). The third kappa shape index (κ3) is 5.44. The van der Waals surface area contributed by atoms with Gasteiger partial charge in [0, 0.05) is 39.2 Å². The molecule has 1 fully saturated rings. The van der Waals surface area contributed by atoms with Gasteiger partial charge in [0.05, 0.1) is 32.5 Å². The molecule has 1 aliphatic rings. The molecule has 1 saturated heterocycles. The van der Waals surface area contributed by atoms with Crippen molar-refractivity contribution in [2.24, 2.45) is 0 Å². The first-order chi connectivity index (χ1) is 15.0. The number of para-hydroxylation sites is 1. The fraction of sp³-hybridized carbons (Fsp3) is 0.522. The molecule has 2 aromatic rings. The van der Waals surface area contributed by atoms with E-state index in [1.54, 1.807) is 33.1 Å². The first kappa shape index (κ1) is 22.8. The van der Waals surface area contributed by atoms with E-state index in [9.17, 15) is 4.79 Å². The van der Waals surface area contributed by atoms with E-state index in [0.29, 0.717) is 6.54 Å². The van der Waals surface area contributed by atoms with Crippen LogP contribution in [0, 0.1) is 0 Å². The van der Waals surface area contributed by atoms with Crippen LogP contribution in [0.25, 0.3) is 0 Å². The molecule has 0 radical (unpaired) electrons. The number of hydrogen-bond donors (Lipinski definition) is 1. The molecule has 0 bridgehead atoms. The van der Waals surface area contributed by atoms with Gasteiger partial charge >= 0.3 is 0 Å². The summed E-state index contributed by atoms with van der Waals surface area (Å²) < 4.78 is 11.1. The van der Waals surface area contributed by atoms with Crippen LogP contribution in [-0.2, 0) is 17.9 Å². The fourth-order valence-corrected chi connectivity index (χ4v) is 4.00. The molecule has 8 nitrogen and oxygen atoms in total. The molecule has 2 heterocycles. The van der Waals surface area contributed by atoms with Gasteiger partial charge in [-0.15, -0.1) is 0 Å². The van der Waals surface area contributed by atoms with Crippen LogP contribution in [0.5, 0.6) is 11.5 Å². The third-order valence-electron chi connectivity index (χ3n) is 5.76. The lowest BCUT2D eigenvalue weighted by atomic mass is 10.00. The second-order valence-electron chi connectivity index (χ2n) is 7.86. The van der Waals surface area contributed by atoms with Crippen LogP contribution in [0.1, 0.15) is 49.3 Å². The van der Waals surface area contributed by atoms with Gasteiger partial charge in [-0.3, -0.25) is 9.69 Å². The Hall–Kier alpha value is -2.87. The summed E-state index contributed by atoms with van der Waals surface area (Å²) in [5.41, 5.74) is 1.91. The van der Waals surface area contributed by atoms with Crippen LogP contribution >= 0.6 is 0 Å². The number of hydrogen-bond acceptors (Lipinski definition) is 7. The number of amides is 1. The smallest absolute Gasteiger partial charge is 0.219 e. The maximum Gasteiger partial charge on any atom is 0.219 e. The third-order valence-corrected chi connectivity index (χ3v) is 5.76. The van der Waals surface area contributed by atoms with Crippen molar-refractivity contribution < 1.29 is 14.3 Å². The van der Waals surface area contributed by atoms with E-state index in [1.165, 1.54) is 0 Å². The molecular formula is C23H33N5O3. The number of methoxy groups -OCH3 is 2. The van der Waals surface area contributed by atoms with Gasteiger partial charge in [0.15, 0.2) is 11.5 Å². The summed E-state index contributed by atoms with van der Waals surface area (Å²) in [6.07, 6.45) is 3.25. The van der Waals surface area contributed by atoms with E-state index >= 15 is 0 Å². The molecular weight excluding hydrogens is 394 g/mol. The van der Waals surface area contributed by atoms with Crippen LogP contribution in [-0.4, -0.2) is 60.5 Å². The maximum atomic E-state index is 11.7. The average molecular weight is 428 g/mol. The van der Waals surface area contributed by atoms with E-state index in [4.69, 9.17) is 19.4 Å². The Morgan fingerprint density at radius 1 is 1.26 bits per heavy atom. The number of rotatable bonds is 8. The minimum absolute atomic E-state index is 0.00980. The summed E-state index contributed by atoms with van der Waals surface area (Å²) >= 11 is 0. The minimum atomic E-state index is 0.00980. The van der Waals surface area contributed by atoms with Crippen LogP contribution in [0.3, 0.4) is 0 Å². The normalized spacial score (nSPS) is 16.6. The second-order valence-corrected chi connectivity index (χ2v) is 7.86. The molecule has 0 saturated carbocycles. The number of piperidine rings is 1. The highest BCUT2D eigenvalue weighted by atomic mass is 16.5. The summed E-state index contributed by atoms with van der Waals surface area (Å²) in [6, 6.07) is 7.97. The molecule has 1 amide bonds. The molecule has 1 atom stereocenters. The van der Waals surface area contributed by atoms with Crippen molar-refractivity contribution in [1.82, 2.24) is 19.8 Å². The molecule has 1 aromatic carbocycles. The molecule has 168 valence electrons. The Bertz CT molecular complexity index is 905. The van der Waals surface area contributed by atoms with Gasteiger partial charge in [-0.05, 0) is 25.5 Å². The summed E-state index contributed by atoms with van der Waals surface area (Å²) in [6.45, 7) is 3.70. The monoisotopic (exact) mass is 427 g/mol. The maximum absolute atomic E-state index is 11.7. The quantitative estimate of drug-likeness (QED) is 0.693. The van der Waals surface area contributed by atoms with E-state index in [-0.39, 0.29) is 11.9 Å². The molecule has 1 aromatic heterocycles. The van der Waals surface area contributed by atoms with Gasteiger partial charge in [0.1, 0.15) is 11.6 Å². The van der Waals surface area contributed by atoms with Crippen LogP contribution < -0.4 is 14.8 Å². The summed E-state index contributed by atoms with van der Waals surface area (Å²) in [5, 5.41) is 3.14. The number of ether oxygens (including phenoxy) is 2. The number of nitrogens with one attached hydrogen (secondary N) is 1. The second kappa shape index (κ2) is 10.4. The zero-order valence-electron chi connectivity index (χ0n) is 19.1. The molecule has 0 aliphatic carbocycles. The molecule has 8 heteroatoms. The lowest BCUT2D eigenvalue weighted by Gasteiger charge is -2.35. The highest BCUT2D eigenvalue weighted by molar-refractivity contribution is 5.72. The van der Waals surface area contributed by atoms with Gasteiger partial charge in [0.2, 0.25) is 5.91 Å². The highest BCUT2D eigenvalue weighted by Crippen LogP contribution is 2.36. The van der Waals surface area contributed by atoms with Gasteiger partial charge in [-0.1, -0.05) is 18.6 Å². The highest BCUT2D eigenvalue weighted by Gasteiger charge is 2.28. The zero-order chi connectivity index (χ0) is 22.4. The molecule has 1 aliphatic heterocycles. The Balaban J connectivity index is 1.91. The van der Waals surface area contributed by atoms with Gasteiger partial charge < -0.3 is 19.7 Å². The first-order valence-electron chi connectivity index (χ1n) is 10.7. The topological polar surface area (TPSA) is 79.8 Å². The van der Waals surface area contributed by atoms with Crippen molar-refractivity contribution in [3.8, 4) is 11.5 Å². The van der Waals surface area contributed by atoms with E-state index < -0.39 is 0 Å². The van der Waals surface area contributed by atoms with Crippen molar-refractivity contribution in [2.75, 3.05) is 40.2 Å². The van der Waals surface area contributed by atoms with Crippen LogP contribution in [0.4, 0.5) is 5.82 Å². The van der Waals surface area contributed by atoms with Crippen molar-refractivity contribution in [3.63, 3.8) is 0 Å². The van der Waals surface area contributed by atoms with Crippen molar-refractivity contribution in [2.45, 2.75) is 45.3 Å². The van der Waals surface area contributed by atoms with Gasteiger partial charge in [0.25, 0.3) is 0 Å². The number of anilines is 1. The van der Waals surface area contributed by atoms with Crippen molar-refractivity contribution in [3.05, 3.63) is 41.3 Å². The summed E-state index contributed by atoms with van der Waals surface area (Å²) in [5.74, 6) is 3.07. The number of likely N-dealkylation sites (tertiary alicyclic amines) is 1. The lowest BCUT2D eigenvalue weighted by molar-refractivity contribution is -0.128. The predicted octanol–water partition coefficient (Wildman–Crippen LogP) is 3.24. The van der Waals surface area contributed by atoms with Gasteiger partial charge in [-0.25, -0.2) is 9.97 Å². The molecule has 0 spiro atoms. The molecule has 1 N–H and O–H groups in total. The summed E-state index contributed by atoms with van der Waals surface area (Å²) in [7, 11) is 6.96. The number of aromatic nitrogens is 2. The summed E-state index contributed by atoms with van der Waals surface area (Å²) in [4.78, 5) is 25.4. The Morgan fingerprint density at radius 3 is 2.74 bits per heavy atom. The van der Waals surface area contributed by atoms with Crippen LogP contribution in [0.15, 0.2) is 24.3 Å². The number of carbonyl (C=O) groups excluding carboxylic acids is 1. The number of benzene rings is 1. The standard InChI is InChI=1S/C23H33N5O3/c1-16(29)27(3)15-18-13-21(24-2)26-23(25-18)19-10-6-7-12-28(19)14-17-9-8-11-20(30-4)22(17)31-5/h8-9,11,13,19H,6-7,10,12,14-15H2,1-5H3,(H,24,25,26). The molecule has 31 heavy (non-hydrogen) atoms. The van der Waals surface area contributed by atoms with E-state index in [2.05, 4.69) is 16.3 Å². The minimum Gasteiger partial charge on any atom is -0.493 e. The van der Waals surface area contributed by atoms with Crippen LogP contribution in [0.2, 0.25) is 0 Å². The first-order valence-corrected chi connectivity index (χ1v) is 10.7. The van der Waals surface area contributed by atoms with Gasteiger partial charge in [-0.2, -0.15) is 0 Å². The largest absolute Gasteiger partial charge is 0.493 e. The predicted molar refractivity (Wildman–Crippen MR) is 120 cm³/mol. The SMILES string of the molecule is CNc1cc(CN(C)C(C)=O)nc(C2CCCCN2Cc2cccc(OC)c2OC)n1. The Morgan fingerprint density at radius 2 is 2.06 bits per heavy atom. The van der Waals surface area contributed by atoms with E-state index in [1.807, 2.05) is 25.2 Å². The zero-order valence-corrected chi connectivity index (χ0v) is 19.1. The van der Waals surface area contributed by atoms with Crippen molar-refractivity contribution >= 4 is 11.7 Å². The van der Waals surface area contributed by atoms with E-state index in [0.717, 1.165) is 66.8 Å². The fourth-order valence-electron chi connectivity index (χ4n) is 4.00. The molecule has 1 unspecified atom stereocenters. The Labute approximate surface area is 184 Å². The average Bonchev–Trinajstić information content (AvgIpc) is 2.78. The Kier molecular flexibility index (Phi) is 7.68. The number of carbonyl (C=O) groups is 1.